The Labute approximate surface area is 125 Å². The summed E-state index contributed by atoms with van der Waals surface area (Å²) in [7, 11) is 0. The van der Waals surface area contributed by atoms with E-state index in [2.05, 4.69) is 11.2 Å². The molecule has 2 rings (SSSR count). The van der Waals surface area contributed by atoms with Gasteiger partial charge in [-0.05, 0) is 51.5 Å². The predicted octanol–water partition coefficient (Wildman–Crippen LogP) is 2.96. The molecule has 21 heavy (non-hydrogen) atoms. The summed E-state index contributed by atoms with van der Waals surface area (Å²) >= 11 is 0. The number of carbonyl (C=O) groups is 1. The molecular formula is C17H21NO3. The first kappa shape index (κ1) is 15.2. The van der Waals surface area contributed by atoms with Crippen molar-refractivity contribution in [3.05, 3.63) is 29.8 Å². The molecule has 0 saturated heterocycles. The number of nitrogens with one attached hydrogen (secondary N) is 1. The van der Waals surface area contributed by atoms with E-state index in [1.165, 1.54) is 0 Å². The zero-order valence-electron chi connectivity index (χ0n) is 12.7. The van der Waals surface area contributed by atoms with Crippen molar-refractivity contribution in [2.45, 2.75) is 38.8 Å². The van der Waals surface area contributed by atoms with Crippen molar-refractivity contribution in [1.29, 1.82) is 0 Å². The highest BCUT2D eigenvalue weighted by Crippen LogP contribution is 2.31. The second-order valence-electron chi connectivity index (χ2n) is 6.23. The first-order chi connectivity index (χ1) is 9.87. The Morgan fingerprint density at radius 2 is 2.05 bits per heavy atom. The maximum atomic E-state index is 11.6. The number of rotatable bonds is 4. The molecule has 0 bridgehead atoms. The minimum Gasteiger partial charge on any atom is -0.493 e. The molecule has 1 N–H and O–H groups in total. The highest BCUT2D eigenvalue weighted by atomic mass is 16.6. The third-order valence-corrected chi connectivity index (χ3v) is 3.11. The molecule has 1 amide bonds. The summed E-state index contributed by atoms with van der Waals surface area (Å²) in [6.07, 6.45) is 5.85. The van der Waals surface area contributed by atoms with E-state index in [0.29, 0.717) is 12.5 Å². The molecule has 2 atom stereocenters. The fraction of sp³-hybridized carbons (Fsp3) is 0.471. The molecular weight excluding hydrogens is 266 g/mol. The van der Waals surface area contributed by atoms with Crippen LogP contribution in [0.2, 0.25) is 0 Å². The molecule has 1 aromatic carbocycles. The van der Waals surface area contributed by atoms with Crippen molar-refractivity contribution in [3.63, 3.8) is 0 Å². The van der Waals surface area contributed by atoms with Gasteiger partial charge in [-0.15, -0.1) is 6.42 Å². The van der Waals surface area contributed by atoms with Crippen LogP contribution in [0.5, 0.6) is 5.75 Å². The summed E-state index contributed by atoms with van der Waals surface area (Å²) in [6.45, 7) is 6.12. The molecule has 1 aromatic rings. The number of ether oxygens (including phenoxy) is 2. The number of hydrogen-bond donors (Lipinski definition) is 1. The number of terminal acetylenes is 1. The summed E-state index contributed by atoms with van der Waals surface area (Å²) in [5.74, 6) is 3.69. The first-order valence-electron chi connectivity index (χ1n) is 7.06. The molecule has 4 nitrogen and oxygen atoms in total. The predicted molar refractivity (Wildman–Crippen MR) is 81.1 cm³/mol. The van der Waals surface area contributed by atoms with Gasteiger partial charge in [0.1, 0.15) is 11.4 Å². The SMILES string of the molecule is C#Cc1ccc(OC[C@@H]2C[C@H]2NC(=O)OC(C)(C)C)cc1. The van der Waals surface area contributed by atoms with Gasteiger partial charge in [0.2, 0.25) is 0 Å². The lowest BCUT2D eigenvalue weighted by molar-refractivity contribution is 0.0519. The van der Waals surface area contributed by atoms with E-state index in [9.17, 15) is 4.79 Å². The molecule has 0 spiro atoms. The van der Waals surface area contributed by atoms with E-state index < -0.39 is 5.60 Å². The van der Waals surface area contributed by atoms with Gasteiger partial charge in [0, 0.05) is 17.5 Å². The number of hydrogen-bond acceptors (Lipinski definition) is 3. The molecule has 1 aliphatic rings. The highest BCUT2D eigenvalue weighted by molar-refractivity contribution is 5.68. The largest absolute Gasteiger partial charge is 0.493 e. The number of alkyl carbamates (subject to hydrolysis) is 1. The molecule has 0 radical (unpaired) electrons. The van der Waals surface area contributed by atoms with Crippen LogP contribution in [-0.2, 0) is 4.74 Å². The standard InChI is InChI=1S/C17H21NO3/c1-5-12-6-8-14(9-7-12)20-11-13-10-15(13)18-16(19)21-17(2,3)4/h1,6-9,13,15H,10-11H2,2-4H3,(H,18,19)/t13-,15+/m0/s1. The Kier molecular flexibility index (Phi) is 4.42. The second kappa shape index (κ2) is 6.09. The molecule has 0 aromatic heterocycles. The van der Waals surface area contributed by atoms with Crippen LogP contribution in [0.1, 0.15) is 32.8 Å². The van der Waals surface area contributed by atoms with E-state index >= 15 is 0 Å². The topological polar surface area (TPSA) is 47.6 Å². The number of benzene rings is 1. The lowest BCUT2D eigenvalue weighted by Gasteiger charge is -2.19. The fourth-order valence-corrected chi connectivity index (χ4v) is 1.92. The van der Waals surface area contributed by atoms with E-state index in [4.69, 9.17) is 15.9 Å². The van der Waals surface area contributed by atoms with Crippen LogP contribution in [0.4, 0.5) is 4.79 Å². The summed E-state index contributed by atoms with van der Waals surface area (Å²) in [6, 6.07) is 7.55. The average Bonchev–Trinajstić information content (AvgIpc) is 3.12. The van der Waals surface area contributed by atoms with Gasteiger partial charge in [0.15, 0.2) is 0 Å². The van der Waals surface area contributed by atoms with Crippen molar-refractivity contribution >= 4 is 6.09 Å². The molecule has 0 unspecified atom stereocenters. The molecule has 0 aliphatic heterocycles. The van der Waals surface area contributed by atoms with Gasteiger partial charge in [-0.25, -0.2) is 4.79 Å². The number of amides is 1. The van der Waals surface area contributed by atoms with Crippen LogP contribution in [0.3, 0.4) is 0 Å². The van der Waals surface area contributed by atoms with Gasteiger partial charge in [-0.3, -0.25) is 0 Å². The Morgan fingerprint density at radius 3 is 2.62 bits per heavy atom. The van der Waals surface area contributed by atoms with Crippen molar-refractivity contribution in [2.24, 2.45) is 5.92 Å². The fourth-order valence-electron chi connectivity index (χ4n) is 1.92. The van der Waals surface area contributed by atoms with E-state index in [1.54, 1.807) is 0 Å². The van der Waals surface area contributed by atoms with Crippen LogP contribution >= 0.6 is 0 Å². The van der Waals surface area contributed by atoms with Crippen LogP contribution in [-0.4, -0.2) is 24.3 Å². The Bertz CT molecular complexity index is 537. The Hall–Kier alpha value is -2.15. The van der Waals surface area contributed by atoms with Crippen LogP contribution in [0.15, 0.2) is 24.3 Å². The van der Waals surface area contributed by atoms with E-state index in [0.717, 1.165) is 17.7 Å². The lowest BCUT2D eigenvalue weighted by atomic mass is 10.2. The van der Waals surface area contributed by atoms with Crippen molar-refractivity contribution < 1.29 is 14.3 Å². The molecule has 1 saturated carbocycles. The maximum Gasteiger partial charge on any atom is 0.407 e. The van der Waals surface area contributed by atoms with Gasteiger partial charge in [-0.2, -0.15) is 0 Å². The van der Waals surface area contributed by atoms with Crippen molar-refractivity contribution in [3.8, 4) is 18.1 Å². The number of carbonyl (C=O) groups excluding carboxylic acids is 1. The first-order valence-corrected chi connectivity index (χ1v) is 7.06. The minimum absolute atomic E-state index is 0.143. The zero-order valence-corrected chi connectivity index (χ0v) is 12.7. The molecule has 1 aliphatic carbocycles. The maximum absolute atomic E-state index is 11.6. The quantitative estimate of drug-likeness (QED) is 0.866. The van der Waals surface area contributed by atoms with Crippen LogP contribution in [0.25, 0.3) is 0 Å². The zero-order chi connectivity index (χ0) is 15.5. The third kappa shape index (κ3) is 5.03. The Balaban J connectivity index is 1.70. The highest BCUT2D eigenvalue weighted by Gasteiger charge is 2.39. The van der Waals surface area contributed by atoms with Crippen molar-refractivity contribution in [2.75, 3.05) is 6.61 Å². The second-order valence-corrected chi connectivity index (χ2v) is 6.23. The molecule has 112 valence electrons. The van der Waals surface area contributed by atoms with Crippen molar-refractivity contribution in [1.82, 2.24) is 5.32 Å². The van der Waals surface area contributed by atoms with E-state index in [-0.39, 0.29) is 12.1 Å². The van der Waals surface area contributed by atoms with Gasteiger partial charge in [0.25, 0.3) is 0 Å². The van der Waals surface area contributed by atoms with Gasteiger partial charge in [-0.1, -0.05) is 5.92 Å². The monoisotopic (exact) mass is 287 g/mol. The molecule has 0 heterocycles. The van der Waals surface area contributed by atoms with Gasteiger partial charge in [0.05, 0.1) is 6.61 Å². The summed E-state index contributed by atoms with van der Waals surface area (Å²) in [4.78, 5) is 11.6. The van der Waals surface area contributed by atoms with E-state index in [1.807, 2.05) is 45.0 Å². The smallest absolute Gasteiger partial charge is 0.407 e. The normalized spacial score (nSPS) is 20.3. The summed E-state index contributed by atoms with van der Waals surface area (Å²) in [5, 5.41) is 2.85. The molecule has 4 heteroatoms. The summed E-state index contributed by atoms with van der Waals surface area (Å²) < 4.78 is 10.9. The molecule has 1 fully saturated rings. The Morgan fingerprint density at radius 1 is 1.38 bits per heavy atom. The van der Waals surface area contributed by atoms with Crippen LogP contribution in [0, 0.1) is 18.3 Å². The third-order valence-electron chi connectivity index (χ3n) is 3.11. The lowest BCUT2D eigenvalue weighted by Crippen LogP contribution is -2.34. The van der Waals surface area contributed by atoms with Crippen LogP contribution < -0.4 is 10.1 Å². The average molecular weight is 287 g/mol. The van der Waals surface area contributed by atoms with Gasteiger partial charge >= 0.3 is 6.09 Å². The minimum atomic E-state index is -0.469. The summed E-state index contributed by atoms with van der Waals surface area (Å²) in [5.41, 5.74) is 0.363. The van der Waals surface area contributed by atoms with Gasteiger partial charge < -0.3 is 14.8 Å².